The van der Waals surface area contributed by atoms with Crippen molar-refractivity contribution in [2.24, 2.45) is 5.92 Å². The third kappa shape index (κ3) is 3.20. The molecular weight excluding hydrogens is 344 g/mol. The number of carbonyl (C=O) groups is 1. The first-order valence-electron chi connectivity index (χ1n) is 9.16. The lowest BCUT2D eigenvalue weighted by atomic mass is 9.79. The average Bonchev–Trinajstić information content (AvgIpc) is 3.32. The van der Waals surface area contributed by atoms with Gasteiger partial charge in [-0.3, -0.25) is 10.2 Å². The Bertz CT molecular complexity index is 888. The van der Waals surface area contributed by atoms with Gasteiger partial charge in [0.25, 0.3) is 5.91 Å². The maximum absolute atomic E-state index is 12.8. The summed E-state index contributed by atoms with van der Waals surface area (Å²) in [4.78, 5) is 21.3. The first-order valence-corrected chi connectivity index (χ1v) is 9.16. The van der Waals surface area contributed by atoms with Crippen molar-refractivity contribution < 1.29 is 9.21 Å². The van der Waals surface area contributed by atoms with Crippen LogP contribution in [0, 0.1) is 31.1 Å². The molecule has 1 saturated heterocycles. The third-order valence-electron chi connectivity index (χ3n) is 5.78. The molecule has 2 fully saturated rings. The third-order valence-corrected chi connectivity index (χ3v) is 5.78. The number of hydrazine groups is 1. The van der Waals surface area contributed by atoms with Gasteiger partial charge in [0.05, 0.1) is 11.8 Å². The Balaban J connectivity index is 1.47. The lowest BCUT2D eigenvalue weighted by Gasteiger charge is -2.32. The highest BCUT2D eigenvalue weighted by Gasteiger charge is 2.43. The molecule has 3 heterocycles. The highest BCUT2D eigenvalue weighted by Crippen LogP contribution is 2.37. The zero-order valence-electron chi connectivity index (χ0n) is 15.3. The lowest BCUT2D eigenvalue weighted by Crippen LogP contribution is -2.44. The predicted octanol–water partition coefficient (Wildman–Crippen LogP) is 1.67. The molecule has 0 radical (unpaired) electrons. The number of nitrogens with one attached hydrogen (secondary N) is 3. The molecule has 0 spiro atoms. The monoisotopic (exact) mass is 366 g/mol. The van der Waals surface area contributed by atoms with Crippen molar-refractivity contribution in [2.45, 2.75) is 51.2 Å². The van der Waals surface area contributed by atoms with E-state index < -0.39 is 0 Å². The summed E-state index contributed by atoms with van der Waals surface area (Å²) < 4.78 is 5.47. The summed E-state index contributed by atoms with van der Waals surface area (Å²) in [6, 6.07) is 2.51. The topological polar surface area (TPSA) is 116 Å². The van der Waals surface area contributed by atoms with Gasteiger partial charge in [0, 0.05) is 24.2 Å². The van der Waals surface area contributed by atoms with E-state index in [2.05, 4.69) is 32.2 Å². The normalized spacial score (nSPS) is 27.0. The average molecular weight is 366 g/mol. The Morgan fingerprint density at radius 1 is 1.30 bits per heavy atom. The second kappa shape index (κ2) is 7.10. The molecule has 27 heavy (non-hydrogen) atoms. The van der Waals surface area contributed by atoms with Crippen molar-refractivity contribution in [2.75, 3.05) is 0 Å². The largest absolute Gasteiger partial charge is 0.447 e. The predicted molar refractivity (Wildman–Crippen MR) is 96.3 cm³/mol. The van der Waals surface area contributed by atoms with Crippen LogP contribution < -0.4 is 16.2 Å². The van der Waals surface area contributed by atoms with Crippen molar-refractivity contribution in [1.82, 2.24) is 26.1 Å². The van der Waals surface area contributed by atoms with Gasteiger partial charge in [-0.25, -0.2) is 15.4 Å². The number of fused-ring (bicyclic) bond motifs is 1. The number of hydrogen-bond donors (Lipinski definition) is 3. The van der Waals surface area contributed by atoms with Crippen molar-refractivity contribution in [1.29, 1.82) is 5.26 Å². The number of amides is 1. The molecule has 8 heteroatoms. The SMILES string of the molecule is Cc1c(C#N)cnc(C(=O)NC2CCC3NNC(c4ncco4)C3C2)c1C. The van der Waals surface area contributed by atoms with Gasteiger partial charge in [-0.05, 0) is 44.2 Å². The maximum atomic E-state index is 12.8. The first kappa shape index (κ1) is 17.6. The van der Waals surface area contributed by atoms with E-state index in [9.17, 15) is 4.79 Å². The second-order valence-corrected chi connectivity index (χ2v) is 7.27. The van der Waals surface area contributed by atoms with Gasteiger partial charge in [0.1, 0.15) is 24.1 Å². The lowest BCUT2D eigenvalue weighted by molar-refractivity contribution is 0.0908. The summed E-state index contributed by atoms with van der Waals surface area (Å²) in [5.74, 6) is 0.775. The van der Waals surface area contributed by atoms with Crippen LogP contribution in [0.3, 0.4) is 0 Å². The Morgan fingerprint density at radius 2 is 2.15 bits per heavy atom. The minimum absolute atomic E-state index is 0.00159. The Morgan fingerprint density at radius 3 is 2.89 bits per heavy atom. The summed E-state index contributed by atoms with van der Waals surface area (Å²) >= 11 is 0. The number of aromatic nitrogens is 2. The van der Waals surface area contributed by atoms with E-state index in [1.807, 2.05) is 13.8 Å². The van der Waals surface area contributed by atoms with E-state index in [4.69, 9.17) is 9.68 Å². The van der Waals surface area contributed by atoms with E-state index >= 15 is 0 Å². The Hall–Kier alpha value is -2.76. The number of nitrogens with zero attached hydrogens (tertiary/aromatic N) is 3. The van der Waals surface area contributed by atoms with Gasteiger partial charge < -0.3 is 9.73 Å². The molecule has 0 bridgehead atoms. The molecule has 4 unspecified atom stereocenters. The van der Waals surface area contributed by atoms with Crippen molar-refractivity contribution in [3.63, 3.8) is 0 Å². The van der Waals surface area contributed by atoms with E-state index in [0.717, 1.165) is 30.4 Å². The molecule has 0 aromatic carbocycles. The fourth-order valence-corrected chi connectivity index (χ4v) is 4.12. The first-order chi connectivity index (χ1) is 13.1. The smallest absolute Gasteiger partial charge is 0.270 e. The fourth-order valence-electron chi connectivity index (χ4n) is 4.12. The van der Waals surface area contributed by atoms with E-state index in [-0.39, 0.29) is 18.0 Å². The van der Waals surface area contributed by atoms with Gasteiger partial charge in [0.2, 0.25) is 5.89 Å². The Kier molecular flexibility index (Phi) is 4.64. The molecule has 3 N–H and O–H groups in total. The van der Waals surface area contributed by atoms with Crippen molar-refractivity contribution in [3.8, 4) is 6.07 Å². The standard InChI is InChI=1S/C19H22N6O2/c1-10-11(2)16(22-9-12(10)8-20)18(26)23-13-3-4-15-14(7-13)17(25-24-15)19-21-5-6-27-19/h5-6,9,13-15,17,24-25H,3-4,7H2,1-2H3,(H,23,26). The molecule has 4 atom stereocenters. The van der Waals surface area contributed by atoms with Gasteiger partial charge in [-0.2, -0.15) is 5.26 Å². The molecule has 4 rings (SSSR count). The van der Waals surface area contributed by atoms with Crippen LogP contribution in [0.1, 0.15) is 58.4 Å². The summed E-state index contributed by atoms with van der Waals surface area (Å²) in [7, 11) is 0. The molecule has 1 aliphatic carbocycles. The number of hydrogen-bond acceptors (Lipinski definition) is 7. The molecule has 2 aromatic heterocycles. The highest BCUT2D eigenvalue weighted by atomic mass is 16.3. The molecule has 1 aliphatic heterocycles. The zero-order valence-corrected chi connectivity index (χ0v) is 15.3. The number of pyridine rings is 1. The van der Waals surface area contributed by atoms with Gasteiger partial charge in [-0.1, -0.05) is 0 Å². The van der Waals surface area contributed by atoms with Crippen LogP contribution in [0.5, 0.6) is 0 Å². The molecule has 2 aliphatic rings. The highest BCUT2D eigenvalue weighted by molar-refractivity contribution is 5.94. The van der Waals surface area contributed by atoms with Crippen molar-refractivity contribution in [3.05, 3.63) is 46.9 Å². The maximum Gasteiger partial charge on any atom is 0.270 e. The minimum Gasteiger partial charge on any atom is -0.447 e. The van der Waals surface area contributed by atoms with Crippen LogP contribution in [0.2, 0.25) is 0 Å². The molecule has 8 nitrogen and oxygen atoms in total. The van der Waals surface area contributed by atoms with Crippen LogP contribution in [0.4, 0.5) is 0 Å². The summed E-state index contributed by atoms with van der Waals surface area (Å²) in [5, 5.41) is 12.2. The quantitative estimate of drug-likeness (QED) is 0.757. The number of carbonyl (C=O) groups excluding carboxylic acids is 1. The molecule has 2 aromatic rings. The van der Waals surface area contributed by atoms with E-state index in [1.54, 1.807) is 12.5 Å². The van der Waals surface area contributed by atoms with E-state index in [1.165, 1.54) is 6.20 Å². The zero-order chi connectivity index (χ0) is 19.0. The van der Waals surface area contributed by atoms with Crippen LogP contribution in [-0.2, 0) is 0 Å². The van der Waals surface area contributed by atoms with Gasteiger partial charge in [-0.15, -0.1) is 0 Å². The van der Waals surface area contributed by atoms with Crippen LogP contribution in [0.15, 0.2) is 23.1 Å². The van der Waals surface area contributed by atoms with E-state index in [0.29, 0.717) is 29.1 Å². The summed E-state index contributed by atoms with van der Waals surface area (Å²) in [6.07, 6.45) is 7.38. The molecular formula is C19H22N6O2. The number of oxazole rings is 1. The fraction of sp³-hybridized carbons (Fsp3) is 0.474. The minimum atomic E-state index is -0.185. The summed E-state index contributed by atoms with van der Waals surface area (Å²) in [6.45, 7) is 3.67. The Labute approximate surface area is 157 Å². The van der Waals surface area contributed by atoms with Crippen LogP contribution in [-0.4, -0.2) is 28.0 Å². The number of rotatable bonds is 3. The van der Waals surface area contributed by atoms with Crippen LogP contribution >= 0.6 is 0 Å². The summed E-state index contributed by atoms with van der Waals surface area (Å²) in [5.41, 5.74) is 9.04. The molecule has 1 amide bonds. The van der Waals surface area contributed by atoms with Gasteiger partial charge >= 0.3 is 0 Å². The van der Waals surface area contributed by atoms with Crippen LogP contribution in [0.25, 0.3) is 0 Å². The molecule has 140 valence electrons. The van der Waals surface area contributed by atoms with Gasteiger partial charge in [0.15, 0.2) is 0 Å². The number of nitriles is 1. The second-order valence-electron chi connectivity index (χ2n) is 7.27. The molecule has 1 saturated carbocycles. The van der Waals surface area contributed by atoms with Crippen molar-refractivity contribution >= 4 is 5.91 Å².